The highest BCUT2D eigenvalue weighted by Crippen LogP contribution is 2.45. The van der Waals surface area contributed by atoms with Crippen molar-refractivity contribution in [2.45, 2.75) is 471 Å². The van der Waals surface area contributed by atoms with Crippen LogP contribution in [0, 0.1) is 17.8 Å². The summed E-state index contributed by atoms with van der Waals surface area (Å²) in [6.45, 7) is 12.0. The van der Waals surface area contributed by atoms with Gasteiger partial charge in [-0.15, -0.1) is 0 Å². The number of phosphoric ester groups is 2. The molecule has 0 radical (unpaired) electrons. The normalized spacial score (nSPS) is 13.9. The summed E-state index contributed by atoms with van der Waals surface area (Å²) in [5.41, 5.74) is 0. The van der Waals surface area contributed by atoms with Gasteiger partial charge in [0.05, 0.1) is 26.4 Å². The number of hydrogen-bond acceptors (Lipinski definition) is 15. The van der Waals surface area contributed by atoms with Crippen LogP contribution in [0.15, 0.2) is 0 Å². The second-order valence-electron chi connectivity index (χ2n) is 32.4. The van der Waals surface area contributed by atoms with E-state index in [1.165, 1.54) is 263 Å². The fourth-order valence-electron chi connectivity index (χ4n) is 13.4. The maximum atomic E-state index is 13.1. The van der Waals surface area contributed by atoms with Gasteiger partial charge in [0.1, 0.15) is 19.3 Å². The molecule has 624 valence electrons. The van der Waals surface area contributed by atoms with E-state index in [1.54, 1.807) is 0 Å². The average molecular weight is 1540 g/mol. The van der Waals surface area contributed by atoms with Gasteiger partial charge in [-0.3, -0.25) is 37.3 Å². The first-order valence-corrected chi connectivity index (χ1v) is 47.3. The minimum Gasteiger partial charge on any atom is -0.462 e. The third kappa shape index (κ3) is 79.9. The van der Waals surface area contributed by atoms with Crippen molar-refractivity contribution in [1.29, 1.82) is 0 Å². The van der Waals surface area contributed by atoms with Gasteiger partial charge in [-0.05, 0) is 43.4 Å². The number of unbranched alkanes of at least 4 members (excludes halogenated alkanes) is 52. The zero-order valence-corrected chi connectivity index (χ0v) is 71.0. The molecule has 0 aromatic heterocycles. The Morgan fingerprint density at radius 2 is 0.438 bits per heavy atom. The van der Waals surface area contributed by atoms with Gasteiger partial charge in [-0.25, -0.2) is 9.13 Å². The molecular weight excluding hydrogens is 1370 g/mol. The van der Waals surface area contributed by atoms with Gasteiger partial charge in [0.15, 0.2) is 12.2 Å². The average Bonchev–Trinajstić information content (AvgIpc) is 2.10. The molecule has 5 atom stereocenters. The minimum atomic E-state index is -4.97. The molecule has 0 aliphatic rings. The first-order valence-electron chi connectivity index (χ1n) is 44.3. The third-order valence-corrected chi connectivity index (χ3v) is 22.0. The summed E-state index contributed by atoms with van der Waals surface area (Å²) in [7, 11) is -9.93. The molecular formula is C86H168O17P2. The number of ether oxygens (including phenoxy) is 4. The lowest BCUT2D eigenvalue weighted by Crippen LogP contribution is -2.30. The summed E-state index contributed by atoms with van der Waals surface area (Å²) >= 11 is 0. The molecule has 0 rings (SSSR count). The highest BCUT2D eigenvalue weighted by atomic mass is 31.2. The van der Waals surface area contributed by atoms with E-state index < -0.39 is 97.5 Å². The van der Waals surface area contributed by atoms with Gasteiger partial charge < -0.3 is 33.8 Å². The van der Waals surface area contributed by atoms with Crippen LogP contribution < -0.4 is 0 Å². The van der Waals surface area contributed by atoms with Crippen molar-refractivity contribution in [3.63, 3.8) is 0 Å². The van der Waals surface area contributed by atoms with Crippen LogP contribution >= 0.6 is 15.6 Å². The van der Waals surface area contributed by atoms with Gasteiger partial charge in [-0.1, -0.05) is 402 Å². The summed E-state index contributed by atoms with van der Waals surface area (Å²) in [4.78, 5) is 73.2. The maximum Gasteiger partial charge on any atom is 0.472 e. The van der Waals surface area contributed by atoms with Crippen LogP contribution in [0.5, 0.6) is 0 Å². The summed E-state index contributed by atoms with van der Waals surface area (Å²) < 4.78 is 68.9. The Bertz CT molecular complexity index is 2030. The Morgan fingerprint density at radius 1 is 0.257 bits per heavy atom. The number of carbonyl (C=O) groups is 4. The number of phosphoric acid groups is 2. The van der Waals surface area contributed by atoms with Gasteiger partial charge in [0.25, 0.3) is 0 Å². The molecule has 0 bridgehead atoms. The second-order valence-corrected chi connectivity index (χ2v) is 35.3. The van der Waals surface area contributed by atoms with Crippen molar-refractivity contribution in [2.24, 2.45) is 17.8 Å². The van der Waals surface area contributed by atoms with Crippen LogP contribution in [0.3, 0.4) is 0 Å². The Morgan fingerprint density at radius 3 is 0.648 bits per heavy atom. The molecule has 2 unspecified atom stereocenters. The van der Waals surface area contributed by atoms with Crippen molar-refractivity contribution in [1.82, 2.24) is 0 Å². The van der Waals surface area contributed by atoms with E-state index in [9.17, 15) is 43.2 Å². The molecule has 0 saturated heterocycles. The van der Waals surface area contributed by atoms with Crippen LogP contribution in [0.1, 0.15) is 453 Å². The lowest BCUT2D eigenvalue weighted by Gasteiger charge is -2.21. The van der Waals surface area contributed by atoms with Crippen molar-refractivity contribution in [2.75, 3.05) is 39.6 Å². The topological polar surface area (TPSA) is 237 Å². The molecule has 0 aromatic rings. The molecule has 0 aromatic carbocycles. The van der Waals surface area contributed by atoms with Crippen LogP contribution in [0.4, 0.5) is 0 Å². The predicted molar refractivity (Wildman–Crippen MR) is 432 cm³/mol. The van der Waals surface area contributed by atoms with Gasteiger partial charge in [-0.2, -0.15) is 0 Å². The van der Waals surface area contributed by atoms with E-state index in [1.807, 2.05) is 0 Å². The summed E-state index contributed by atoms with van der Waals surface area (Å²) in [6.07, 6.45) is 66.6. The number of hydrogen-bond donors (Lipinski definition) is 3. The lowest BCUT2D eigenvalue weighted by atomic mass is 10.0. The van der Waals surface area contributed by atoms with Crippen LogP contribution in [-0.4, -0.2) is 96.7 Å². The molecule has 0 fully saturated rings. The van der Waals surface area contributed by atoms with Crippen molar-refractivity contribution in [3.8, 4) is 0 Å². The fraction of sp³-hybridized carbons (Fsp3) is 0.953. The third-order valence-electron chi connectivity index (χ3n) is 20.1. The van der Waals surface area contributed by atoms with Crippen LogP contribution in [0.25, 0.3) is 0 Å². The Hall–Kier alpha value is -1.94. The zero-order chi connectivity index (χ0) is 77.2. The Kier molecular flexibility index (Phi) is 74.7. The monoisotopic (exact) mass is 1540 g/mol. The van der Waals surface area contributed by atoms with Gasteiger partial charge >= 0.3 is 39.5 Å². The molecule has 0 spiro atoms. The Labute approximate surface area is 645 Å². The smallest absolute Gasteiger partial charge is 0.462 e. The highest BCUT2D eigenvalue weighted by molar-refractivity contribution is 7.47. The number of aliphatic hydroxyl groups is 1. The summed E-state index contributed by atoms with van der Waals surface area (Å²) in [5.74, 6) is 0.295. The minimum absolute atomic E-state index is 0.107. The zero-order valence-electron chi connectivity index (χ0n) is 69.2. The first-order chi connectivity index (χ1) is 50.7. The molecule has 0 aliphatic heterocycles. The predicted octanol–water partition coefficient (Wildman–Crippen LogP) is 26.1. The van der Waals surface area contributed by atoms with E-state index in [0.717, 1.165) is 108 Å². The Balaban J connectivity index is 5.23. The molecule has 0 aliphatic carbocycles. The number of aliphatic hydroxyl groups excluding tert-OH is 1. The maximum absolute atomic E-state index is 13.1. The quantitative estimate of drug-likeness (QED) is 0.0222. The van der Waals surface area contributed by atoms with Crippen molar-refractivity contribution in [3.05, 3.63) is 0 Å². The largest absolute Gasteiger partial charge is 0.472 e. The number of rotatable bonds is 84. The van der Waals surface area contributed by atoms with Gasteiger partial charge in [0, 0.05) is 25.7 Å². The molecule has 0 heterocycles. The van der Waals surface area contributed by atoms with Crippen LogP contribution in [-0.2, 0) is 65.4 Å². The molecule has 105 heavy (non-hydrogen) atoms. The molecule has 0 amide bonds. The van der Waals surface area contributed by atoms with E-state index in [-0.39, 0.29) is 25.7 Å². The first kappa shape index (κ1) is 103. The van der Waals surface area contributed by atoms with E-state index >= 15 is 0 Å². The van der Waals surface area contributed by atoms with Crippen molar-refractivity contribution >= 4 is 39.5 Å². The van der Waals surface area contributed by atoms with E-state index in [2.05, 4.69) is 48.5 Å². The number of esters is 4. The van der Waals surface area contributed by atoms with Gasteiger partial charge in [0.2, 0.25) is 0 Å². The summed E-state index contributed by atoms with van der Waals surface area (Å²) in [5, 5.41) is 10.7. The van der Waals surface area contributed by atoms with Crippen LogP contribution in [0.2, 0.25) is 0 Å². The van der Waals surface area contributed by atoms with E-state index in [0.29, 0.717) is 25.7 Å². The molecule has 19 heteroatoms. The standard InChI is InChI=1S/C86H168O17P2/c1-8-9-10-11-12-13-29-39-46-53-60-67-83(88)96-73-81(103-86(91)70-63-56-49-42-35-28-32-38-45-52-59-66-79(6)7)75-100-104(92,93)98-71-80(87)72-99-105(94,95)101-76-82(74-97-84(89)68-61-54-47-40-33-26-22-19-18-21-25-31-37-44-51-58-65-78(4)5)102-85(90)69-62-55-48-41-34-27-23-17-15-14-16-20-24-30-36-43-50-57-64-77(2)3/h77-82,87H,8-76H2,1-7H3,(H,92,93)(H,94,95)/t80-,81+,82+/m0/s1. The van der Waals surface area contributed by atoms with E-state index in [4.69, 9.17) is 37.0 Å². The highest BCUT2D eigenvalue weighted by Gasteiger charge is 2.30. The van der Waals surface area contributed by atoms with Crippen molar-refractivity contribution < 1.29 is 80.2 Å². The second kappa shape index (κ2) is 76.1. The molecule has 0 saturated carbocycles. The lowest BCUT2D eigenvalue weighted by molar-refractivity contribution is -0.161. The molecule has 17 nitrogen and oxygen atoms in total. The number of carbonyl (C=O) groups excluding carboxylic acids is 4. The molecule has 3 N–H and O–H groups in total. The summed E-state index contributed by atoms with van der Waals surface area (Å²) in [6, 6.07) is 0. The fourth-order valence-corrected chi connectivity index (χ4v) is 14.9. The SMILES string of the molecule is CCCCCCCCCCCCCC(=O)OC[C@H](COP(=O)(O)OC[C@H](O)COP(=O)(O)OC[C@@H](COC(=O)CCCCCCCCCCCCCCCCCCC(C)C)OC(=O)CCCCCCCCCCCCCCCCCCCCC(C)C)OC(=O)CCCCCCCCCCCCCC(C)C.